The fourth-order valence-electron chi connectivity index (χ4n) is 4.84. The Kier molecular flexibility index (Phi) is 4.43. The summed E-state index contributed by atoms with van der Waals surface area (Å²) in [4.78, 5) is 6.60. The third-order valence-corrected chi connectivity index (χ3v) is 6.35. The van der Waals surface area contributed by atoms with Crippen LogP contribution in [0.15, 0.2) is 67.1 Å². The zero-order chi connectivity index (χ0) is 21.7. The Bertz CT molecular complexity index is 1410. The van der Waals surface area contributed by atoms with Crippen LogP contribution in [0.25, 0.3) is 27.5 Å². The predicted octanol–water partition coefficient (Wildman–Crippen LogP) is 3.48. The number of fused-ring (bicyclic) bond motifs is 2. The summed E-state index contributed by atoms with van der Waals surface area (Å²) in [5, 5.41) is 10.5. The summed E-state index contributed by atoms with van der Waals surface area (Å²) in [6, 6.07) is 19.0. The lowest BCUT2D eigenvalue weighted by Gasteiger charge is -2.36. The second-order valence-electron chi connectivity index (χ2n) is 8.83. The van der Waals surface area contributed by atoms with Gasteiger partial charge in [-0.1, -0.05) is 42.5 Å². The molecule has 3 aromatic heterocycles. The number of benzene rings is 2. The van der Waals surface area contributed by atoms with Crippen LogP contribution in [-0.2, 0) is 13.0 Å². The summed E-state index contributed by atoms with van der Waals surface area (Å²) >= 11 is 0. The Morgan fingerprint density at radius 3 is 2.72 bits per heavy atom. The summed E-state index contributed by atoms with van der Waals surface area (Å²) in [7, 11) is 2.16. The van der Waals surface area contributed by atoms with E-state index < -0.39 is 0 Å². The summed E-state index contributed by atoms with van der Waals surface area (Å²) < 4.78 is 3.96. The number of hydrogen-bond donors (Lipinski definition) is 1. The maximum absolute atomic E-state index is 6.31. The fourth-order valence-corrected chi connectivity index (χ4v) is 4.84. The molecule has 0 saturated carbocycles. The average Bonchev–Trinajstić information content (AvgIpc) is 3.34. The lowest BCUT2D eigenvalue weighted by molar-refractivity contribution is 0.133. The Hall–Kier alpha value is -3.71. The van der Waals surface area contributed by atoms with E-state index in [0.29, 0.717) is 11.7 Å². The molecule has 2 aromatic carbocycles. The van der Waals surface area contributed by atoms with Crippen LogP contribution < -0.4 is 5.73 Å². The molecular formula is C25H25N7. The van der Waals surface area contributed by atoms with E-state index >= 15 is 0 Å². The van der Waals surface area contributed by atoms with Gasteiger partial charge in [-0.25, -0.2) is 9.50 Å². The molecule has 0 spiro atoms. The first-order valence-corrected chi connectivity index (χ1v) is 11.0. The molecule has 5 aromatic rings. The van der Waals surface area contributed by atoms with E-state index in [1.807, 2.05) is 15.3 Å². The van der Waals surface area contributed by atoms with Gasteiger partial charge in [-0.15, -0.1) is 0 Å². The van der Waals surface area contributed by atoms with E-state index in [0.717, 1.165) is 53.6 Å². The topological polar surface area (TPSA) is 77.3 Å². The molecule has 6 rings (SSSR count). The standard InChI is InChI=1S/C25H25N7/c1-30-12-18(13-30)9-21-11-22(24-25(26)27-16-28-32(21)24)19-7-8-20-15-31(29-23(20)10-19)14-17-5-3-2-4-6-17/h2-8,10-11,15-16,18H,9,12-14H2,1H3,(H2,26,27,28). The summed E-state index contributed by atoms with van der Waals surface area (Å²) in [6.45, 7) is 2.99. The van der Waals surface area contributed by atoms with Crippen molar-refractivity contribution in [2.24, 2.45) is 5.92 Å². The lowest BCUT2D eigenvalue weighted by Crippen LogP contribution is -2.44. The highest BCUT2D eigenvalue weighted by Crippen LogP contribution is 2.33. The normalized spacial score (nSPS) is 14.9. The SMILES string of the molecule is CN1CC(Cc2cc(-c3ccc4cn(Cc5ccccc5)nc4c3)c3c(N)ncnn23)C1. The molecule has 1 aliphatic rings. The largest absolute Gasteiger partial charge is 0.382 e. The molecule has 4 heterocycles. The van der Waals surface area contributed by atoms with Gasteiger partial charge in [0.2, 0.25) is 0 Å². The highest BCUT2D eigenvalue weighted by atomic mass is 15.3. The number of anilines is 1. The first-order valence-electron chi connectivity index (χ1n) is 11.0. The molecular weight excluding hydrogens is 398 g/mol. The van der Waals surface area contributed by atoms with Gasteiger partial charge in [-0.05, 0) is 42.6 Å². The van der Waals surface area contributed by atoms with Crippen LogP contribution in [-0.4, -0.2) is 49.4 Å². The summed E-state index contributed by atoms with van der Waals surface area (Å²) in [5.74, 6) is 1.15. The molecule has 0 radical (unpaired) electrons. The van der Waals surface area contributed by atoms with Crippen molar-refractivity contribution in [2.45, 2.75) is 13.0 Å². The fraction of sp³-hybridized carbons (Fsp3) is 0.240. The van der Waals surface area contributed by atoms with Gasteiger partial charge in [-0.3, -0.25) is 4.68 Å². The van der Waals surface area contributed by atoms with Crippen LogP contribution >= 0.6 is 0 Å². The van der Waals surface area contributed by atoms with Crippen LogP contribution in [0.5, 0.6) is 0 Å². The van der Waals surface area contributed by atoms with E-state index in [9.17, 15) is 0 Å². The molecule has 0 atom stereocenters. The Labute approximate surface area is 186 Å². The molecule has 0 aliphatic carbocycles. The zero-order valence-corrected chi connectivity index (χ0v) is 18.0. The minimum absolute atomic E-state index is 0.502. The van der Waals surface area contributed by atoms with Gasteiger partial charge in [0.25, 0.3) is 0 Å². The number of rotatable bonds is 5. The molecule has 1 saturated heterocycles. The maximum atomic E-state index is 6.31. The molecule has 0 bridgehead atoms. The predicted molar refractivity (Wildman–Crippen MR) is 126 cm³/mol. The minimum atomic E-state index is 0.502. The van der Waals surface area contributed by atoms with E-state index in [2.05, 4.69) is 76.8 Å². The van der Waals surface area contributed by atoms with Crippen LogP contribution in [0.4, 0.5) is 5.82 Å². The number of likely N-dealkylation sites (tertiary alicyclic amines) is 1. The van der Waals surface area contributed by atoms with Crippen molar-refractivity contribution in [3.8, 4) is 11.1 Å². The van der Waals surface area contributed by atoms with Crippen LogP contribution in [0.1, 0.15) is 11.3 Å². The highest BCUT2D eigenvalue weighted by Gasteiger charge is 2.26. The van der Waals surface area contributed by atoms with E-state index in [-0.39, 0.29) is 0 Å². The third kappa shape index (κ3) is 3.31. The van der Waals surface area contributed by atoms with Crippen molar-refractivity contribution < 1.29 is 0 Å². The van der Waals surface area contributed by atoms with Gasteiger partial charge in [0.05, 0.1) is 12.1 Å². The molecule has 1 fully saturated rings. The first kappa shape index (κ1) is 19.0. The van der Waals surface area contributed by atoms with E-state index in [4.69, 9.17) is 10.8 Å². The Morgan fingerprint density at radius 2 is 1.91 bits per heavy atom. The van der Waals surface area contributed by atoms with Gasteiger partial charge in [0.15, 0.2) is 5.82 Å². The van der Waals surface area contributed by atoms with Crippen molar-refractivity contribution in [1.82, 2.24) is 29.3 Å². The van der Waals surface area contributed by atoms with Gasteiger partial charge in [0, 0.05) is 35.9 Å². The maximum Gasteiger partial charge on any atom is 0.151 e. The number of aromatic nitrogens is 5. The monoisotopic (exact) mass is 423 g/mol. The Balaban J connectivity index is 1.39. The number of nitrogens with zero attached hydrogens (tertiary/aromatic N) is 6. The van der Waals surface area contributed by atoms with Gasteiger partial charge >= 0.3 is 0 Å². The summed E-state index contributed by atoms with van der Waals surface area (Å²) in [5.41, 5.74) is 12.7. The molecule has 2 N–H and O–H groups in total. The molecule has 160 valence electrons. The first-order chi connectivity index (χ1) is 15.6. The van der Waals surface area contributed by atoms with Gasteiger partial charge in [0.1, 0.15) is 11.8 Å². The molecule has 1 aliphatic heterocycles. The van der Waals surface area contributed by atoms with Crippen LogP contribution in [0.3, 0.4) is 0 Å². The van der Waals surface area contributed by atoms with Crippen LogP contribution in [0.2, 0.25) is 0 Å². The summed E-state index contributed by atoms with van der Waals surface area (Å²) in [6.07, 6.45) is 4.62. The molecule has 32 heavy (non-hydrogen) atoms. The van der Waals surface area contributed by atoms with Crippen molar-refractivity contribution >= 4 is 22.2 Å². The third-order valence-electron chi connectivity index (χ3n) is 6.35. The van der Waals surface area contributed by atoms with E-state index in [1.54, 1.807) is 0 Å². The van der Waals surface area contributed by atoms with Gasteiger partial charge in [-0.2, -0.15) is 10.2 Å². The Morgan fingerprint density at radius 1 is 1.06 bits per heavy atom. The smallest absolute Gasteiger partial charge is 0.151 e. The highest BCUT2D eigenvalue weighted by molar-refractivity contribution is 5.92. The second-order valence-corrected chi connectivity index (χ2v) is 8.83. The van der Waals surface area contributed by atoms with Crippen LogP contribution in [0, 0.1) is 5.92 Å². The molecule has 0 unspecified atom stereocenters. The van der Waals surface area contributed by atoms with E-state index in [1.165, 1.54) is 17.6 Å². The molecule has 7 heteroatoms. The zero-order valence-electron chi connectivity index (χ0n) is 18.0. The van der Waals surface area contributed by atoms with Crippen molar-refractivity contribution in [1.29, 1.82) is 0 Å². The number of nitrogen functional groups attached to an aromatic ring is 1. The minimum Gasteiger partial charge on any atom is -0.382 e. The molecule has 0 amide bonds. The van der Waals surface area contributed by atoms with Crippen molar-refractivity contribution in [3.63, 3.8) is 0 Å². The quantitative estimate of drug-likeness (QED) is 0.468. The van der Waals surface area contributed by atoms with Crippen molar-refractivity contribution in [2.75, 3.05) is 25.9 Å². The average molecular weight is 424 g/mol. The molecule has 7 nitrogen and oxygen atoms in total. The van der Waals surface area contributed by atoms with Crippen molar-refractivity contribution in [3.05, 3.63) is 78.4 Å². The number of hydrogen-bond acceptors (Lipinski definition) is 5. The number of nitrogens with two attached hydrogens (primary N) is 1. The van der Waals surface area contributed by atoms with Gasteiger partial charge < -0.3 is 10.6 Å². The second kappa shape index (κ2) is 7.46. The lowest BCUT2D eigenvalue weighted by atomic mass is 9.95.